The van der Waals surface area contributed by atoms with Gasteiger partial charge in [0.1, 0.15) is 17.7 Å². The molecule has 14 heteroatoms. The summed E-state index contributed by atoms with van der Waals surface area (Å²) in [5, 5.41) is 9.44. The van der Waals surface area contributed by atoms with E-state index in [1.54, 1.807) is 18.2 Å². The Hall–Kier alpha value is -4.12. The largest absolute Gasteiger partial charge is 0.476 e. The van der Waals surface area contributed by atoms with Crippen LogP contribution in [-0.2, 0) is 11.0 Å². The minimum absolute atomic E-state index is 0.0245. The Balaban J connectivity index is 2.12. The highest BCUT2D eigenvalue weighted by atomic mass is 32.2. The summed E-state index contributed by atoms with van der Waals surface area (Å²) in [6.45, 7) is 1.41. The second-order valence-electron chi connectivity index (χ2n) is 6.97. The molecule has 1 aromatic carbocycles. The van der Waals surface area contributed by atoms with E-state index < -0.39 is 34.6 Å². The van der Waals surface area contributed by atoms with Crippen LogP contribution < -0.4 is 21.8 Å². The number of carbonyl (C=O) groups is 1. The van der Waals surface area contributed by atoms with E-state index in [1.807, 2.05) is 0 Å². The molecule has 0 bridgehead atoms. The highest BCUT2D eigenvalue weighted by Crippen LogP contribution is 2.37. The minimum Gasteiger partial charge on any atom is -0.476 e. The number of halogens is 4. The van der Waals surface area contributed by atoms with Crippen molar-refractivity contribution in [1.82, 2.24) is 14.2 Å². The molecule has 0 spiro atoms. The van der Waals surface area contributed by atoms with Gasteiger partial charge in [0.2, 0.25) is 5.88 Å². The molecule has 0 saturated carbocycles. The Labute approximate surface area is 198 Å². The lowest BCUT2D eigenvalue weighted by atomic mass is 10.2. The van der Waals surface area contributed by atoms with E-state index in [0.29, 0.717) is 4.90 Å². The van der Waals surface area contributed by atoms with Crippen molar-refractivity contribution in [3.63, 3.8) is 0 Å². The van der Waals surface area contributed by atoms with Crippen molar-refractivity contribution in [3.05, 3.63) is 74.4 Å². The number of benzene rings is 1. The van der Waals surface area contributed by atoms with Gasteiger partial charge in [-0.1, -0.05) is 11.8 Å². The van der Waals surface area contributed by atoms with Crippen LogP contribution in [0.3, 0.4) is 0 Å². The first-order valence-electron chi connectivity index (χ1n) is 9.64. The molecule has 0 aliphatic heterocycles. The molecule has 0 amide bonds. The number of pyridine rings is 1. The van der Waals surface area contributed by atoms with E-state index >= 15 is 0 Å². The number of nitrogens with zero attached hydrogens (tertiary/aromatic N) is 4. The highest BCUT2D eigenvalue weighted by Gasteiger charge is 2.36. The van der Waals surface area contributed by atoms with E-state index in [-0.39, 0.29) is 50.5 Å². The van der Waals surface area contributed by atoms with E-state index in [4.69, 9.17) is 10.6 Å². The summed E-state index contributed by atoms with van der Waals surface area (Å²) in [5.41, 5.74) is -5.73. The van der Waals surface area contributed by atoms with Gasteiger partial charge in [-0.25, -0.2) is 23.4 Å². The van der Waals surface area contributed by atoms with Crippen LogP contribution in [0.4, 0.5) is 17.6 Å². The van der Waals surface area contributed by atoms with Crippen LogP contribution >= 0.6 is 11.8 Å². The van der Waals surface area contributed by atoms with Gasteiger partial charge in [-0.05, 0) is 31.2 Å². The zero-order chi connectivity index (χ0) is 25.9. The quantitative estimate of drug-likeness (QED) is 0.380. The summed E-state index contributed by atoms with van der Waals surface area (Å²) in [7, 11) is 0. The third-order valence-electron chi connectivity index (χ3n) is 4.49. The van der Waals surface area contributed by atoms with E-state index in [2.05, 4.69) is 4.98 Å². The second-order valence-corrected chi connectivity index (χ2v) is 8.06. The van der Waals surface area contributed by atoms with Crippen LogP contribution in [-0.4, -0.2) is 26.6 Å². The fourth-order valence-electron chi connectivity index (χ4n) is 2.85. The van der Waals surface area contributed by atoms with Crippen LogP contribution in [0.1, 0.15) is 24.6 Å². The van der Waals surface area contributed by atoms with Gasteiger partial charge >= 0.3 is 11.9 Å². The van der Waals surface area contributed by atoms with Crippen molar-refractivity contribution in [2.24, 2.45) is 0 Å². The van der Waals surface area contributed by atoms with Crippen molar-refractivity contribution < 1.29 is 27.1 Å². The van der Waals surface area contributed by atoms with Crippen molar-refractivity contribution in [3.8, 4) is 17.6 Å². The molecule has 9 nitrogen and oxygen atoms in total. The maximum atomic E-state index is 14.8. The number of ether oxygens (including phenoxy) is 1. The fourth-order valence-corrected chi connectivity index (χ4v) is 3.82. The van der Waals surface area contributed by atoms with Gasteiger partial charge in [0.25, 0.3) is 5.56 Å². The summed E-state index contributed by atoms with van der Waals surface area (Å²) < 4.78 is 59.3. The molecule has 0 saturated heterocycles. The molecule has 0 aliphatic rings. The van der Waals surface area contributed by atoms with Gasteiger partial charge in [-0.2, -0.15) is 18.4 Å². The number of carbonyl (C=O) groups excluding carboxylic acids is 1. The predicted octanol–water partition coefficient (Wildman–Crippen LogP) is 2.65. The SMILES string of the molecule is CC(=O)CCOc1ncccc1Sc1cc(-n2c(=O)cc(C(F)(F)F)n(N)c2=O)c(F)cc1C#N. The number of ketones is 1. The molecule has 2 heterocycles. The molecule has 3 rings (SSSR count). The fraction of sp³-hybridized carbons (Fsp3) is 0.190. The van der Waals surface area contributed by atoms with Gasteiger partial charge in [-0.3, -0.25) is 9.59 Å². The number of alkyl halides is 3. The van der Waals surface area contributed by atoms with Gasteiger partial charge in [0.15, 0.2) is 5.69 Å². The molecular weight excluding hydrogens is 494 g/mol. The maximum absolute atomic E-state index is 14.8. The Morgan fingerprint density at radius 2 is 1.97 bits per heavy atom. The number of nitrogen functional groups attached to an aromatic ring is 1. The number of nitrogens with two attached hydrogens (primary N) is 1. The average Bonchev–Trinajstić information content (AvgIpc) is 2.78. The molecule has 0 aliphatic carbocycles. The first-order valence-corrected chi connectivity index (χ1v) is 10.5. The molecular formula is C21H15F4N5O4S. The van der Waals surface area contributed by atoms with Crippen LogP contribution in [0.2, 0.25) is 0 Å². The monoisotopic (exact) mass is 509 g/mol. The molecule has 3 aromatic rings. The third kappa shape index (κ3) is 5.52. The van der Waals surface area contributed by atoms with Crippen molar-refractivity contribution in [2.45, 2.75) is 29.3 Å². The van der Waals surface area contributed by atoms with E-state index in [1.165, 1.54) is 13.1 Å². The predicted molar refractivity (Wildman–Crippen MR) is 115 cm³/mol. The average molecular weight is 509 g/mol. The van der Waals surface area contributed by atoms with E-state index in [0.717, 1.165) is 23.9 Å². The second kappa shape index (κ2) is 10.0. The summed E-state index contributed by atoms with van der Waals surface area (Å²) in [6, 6.07) is 6.63. The van der Waals surface area contributed by atoms with Gasteiger partial charge in [0.05, 0.1) is 22.8 Å². The highest BCUT2D eigenvalue weighted by molar-refractivity contribution is 7.99. The molecule has 182 valence electrons. The number of nitriles is 1. The number of hydrogen-bond donors (Lipinski definition) is 1. The Kier molecular flexibility index (Phi) is 7.30. The maximum Gasteiger partial charge on any atom is 0.433 e. The van der Waals surface area contributed by atoms with Crippen molar-refractivity contribution in [2.75, 3.05) is 12.4 Å². The van der Waals surface area contributed by atoms with Crippen molar-refractivity contribution in [1.29, 1.82) is 5.26 Å². The summed E-state index contributed by atoms with van der Waals surface area (Å²) >= 11 is 0.868. The molecule has 0 fully saturated rings. The smallest absolute Gasteiger partial charge is 0.433 e. The number of aromatic nitrogens is 3. The lowest BCUT2D eigenvalue weighted by molar-refractivity contribution is -0.143. The Bertz CT molecular complexity index is 1460. The lowest BCUT2D eigenvalue weighted by Crippen LogP contribution is -2.45. The molecule has 35 heavy (non-hydrogen) atoms. The summed E-state index contributed by atoms with van der Waals surface area (Å²) in [4.78, 5) is 40.4. The molecule has 2 aromatic heterocycles. The number of Topliss-reactive ketones (excluding diaryl/α,β-unsaturated/α-hetero) is 1. The molecule has 2 N–H and O–H groups in total. The zero-order valence-corrected chi connectivity index (χ0v) is 18.6. The van der Waals surface area contributed by atoms with Gasteiger partial charge < -0.3 is 10.6 Å². The molecule has 0 radical (unpaired) electrons. The van der Waals surface area contributed by atoms with Gasteiger partial charge in [-0.15, -0.1) is 0 Å². The third-order valence-corrected chi connectivity index (χ3v) is 5.58. The Morgan fingerprint density at radius 3 is 2.60 bits per heavy atom. The first kappa shape index (κ1) is 25.5. The Morgan fingerprint density at radius 1 is 1.26 bits per heavy atom. The van der Waals surface area contributed by atoms with Crippen LogP contribution in [0.25, 0.3) is 5.69 Å². The number of hydrogen-bond acceptors (Lipinski definition) is 8. The van der Waals surface area contributed by atoms with Crippen molar-refractivity contribution >= 4 is 17.5 Å². The molecule has 0 atom stereocenters. The van der Waals surface area contributed by atoms with Crippen LogP contribution in [0.5, 0.6) is 5.88 Å². The number of rotatable bonds is 7. The first-order chi connectivity index (χ1) is 16.4. The molecule has 0 unspecified atom stereocenters. The minimum atomic E-state index is -5.10. The summed E-state index contributed by atoms with van der Waals surface area (Å²) in [5.74, 6) is 4.00. The lowest BCUT2D eigenvalue weighted by Gasteiger charge is -2.15. The standard InChI is InChI=1S/C21H15F4N5O4S/c1-11(31)4-6-34-19-15(3-2-5-28-19)35-16-8-14(13(22)7-12(16)10-26)29-18(32)9-17(21(23,24)25)30(27)20(29)33/h2-3,5,7-9H,4,6,27H2,1H3. The normalized spacial score (nSPS) is 11.2. The summed E-state index contributed by atoms with van der Waals surface area (Å²) in [6.07, 6.45) is -3.57. The van der Waals surface area contributed by atoms with Gasteiger partial charge in [0, 0.05) is 23.6 Å². The van der Waals surface area contributed by atoms with Crippen LogP contribution in [0.15, 0.2) is 55.9 Å². The topological polar surface area (TPSA) is 133 Å². The van der Waals surface area contributed by atoms with Crippen LogP contribution in [0, 0.1) is 17.1 Å². The zero-order valence-electron chi connectivity index (χ0n) is 17.8. The van der Waals surface area contributed by atoms with E-state index in [9.17, 15) is 37.2 Å².